The summed E-state index contributed by atoms with van der Waals surface area (Å²) in [5.74, 6) is 8.75. The molecule has 5 unspecified atom stereocenters. The molecule has 0 amide bonds. The minimum atomic E-state index is 0.181. The fourth-order valence-corrected chi connectivity index (χ4v) is 7.87. The number of hydrogen-bond donors (Lipinski definition) is 0. The van der Waals surface area contributed by atoms with Gasteiger partial charge in [-0.1, -0.05) is 60.3 Å². The van der Waals surface area contributed by atoms with Gasteiger partial charge in [0.2, 0.25) is 0 Å². The second-order valence-electron chi connectivity index (χ2n) is 9.65. The van der Waals surface area contributed by atoms with Gasteiger partial charge < -0.3 is 0 Å². The fourth-order valence-electron chi connectivity index (χ4n) is 7.87. The highest BCUT2D eigenvalue weighted by Gasteiger charge is 2.87. The Balaban J connectivity index is 2.27. The molecule has 0 heterocycles. The molecule has 118 valence electrons. The summed E-state index contributed by atoms with van der Waals surface area (Å²) in [7, 11) is 0. The minimum absolute atomic E-state index is 0.181. The van der Waals surface area contributed by atoms with Gasteiger partial charge in [-0.2, -0.15) is 0 Å². The Labute approximate surface area is 132 Å². The number of rotatable bonds is 0. The van der Waals surface area contributed by atoms with Crippen molar-refractivity contribution in [1.29, 1.82) is 0 Å². The molecule has 0 heteroatoms. The van der Waals surface area contributed by atoms with Crippen molar-refractivity contribution in [3.8, 4) is 11.8 Å². The van der Waals surface area contributed by atoms with Crippen LogP contribution in [0.15, 0.2) is 0 Å². The van der Waals surface area contributed by atoms with E-state index in [1.807, 2.05) is 6.92 Å². The predicted molar refractivity (Wildman–Crippen MR) is 90.8 cm³/mol. The van der Waals surface area contributed by atoms with Crippen LogP contribution >= 0.6 is 0 Å². The maximum Gasteiger partial charge on any atom is 0.0381 e. The second kappa shape index (κ2) is 3.90. The van der Waals surface area contributed by atoms with Crippen LogP contribution in [0.2, 0.25) is 0 Å². The van der Waals surface area contributed by atoms with Gasteiger partial charge in [0.25, 0.3) is 0 Å². The van der Waals surface area contributed by atoms with Gasteiger partial charge in [0, 0.05) is 5.41 Å². The third-order valence-corrected chi connectivity index (χ3v) is 9.82. The molecule has 3 aliphatic rings. The van der Waals surface area contributed by atoms with Gasteiger partial charge in [0.05, 0.1) is 0 Å². The van der Waals surface area contributed by atoms with E-state index in [-0.39, 0.29) is 5.41 Å². The van der Waals surface area contributed by atoms with Crippen LogP contribution in [0, 0.1) is 50.8 Å². The molecule has 0 nitrogen and oxygen atoms in total. The number of hydrogen-bond acceptors (Lipinski definition) is 0. The first-order valence-electron chi connectivity index (χ1n) is 8.98. The summed E-state index contributed by atoms with van der Waals surface area (Å²) in [6, 6.07) is 0. The molecule has 5 atom stereocenters. The molecule has 0 radical (unpaired) electrons. The zero-order valence-corrected chi connectivity index (χ0v) is 15.5. The highest BCUT2D eigenvalue weighted by atomic mass is 14.9. The third-order valence-electron chi connectivity index (χ3n) is 9.82. The Kier molecular flexibility index (Phi) is 2.87. The van der Waals surface area contributed by atoms with Gasteiger partial charge >= 0.3 is 0 Å². The van der Waals surface area contributed by atoms with E-state index in [2.05, 4.69) is 60.3 Å². The van der Waals surface area contributed by atoms with Crippen molar-refractivity contribution in [1.82, 2.24) is 0 Å². The van der Waals surface area contributed by atoms with E-state index in [1.165, 1.54) is 25.7 Å². The van der Waals surface area contributed by atoms with Crippen LogP contribution in [0.25, 0.3) is 0 Å². The summed E-state index contributed by atoms with van der Waals surface area (Å²) in [4.78, 5) is 0. The van der Waals surface area contributed by atoms with Crippen molar-refractivity contribution in [3.05, 3.63) is 0 Å². The zero-order chi connectivity index (χ0) is 15.9. The Morgan fingerprint density at radius 1 is 0.762 bits per heavy atom. The molecular formula is C21H34. The highest BCUT2D eigenvalue weighted by molar-refractivity contribution is 5.39. The normalized spacial score (nSPS) is 53.0. The van der Waals surface area contributed by atoms with Gasteiger partial charge in [0.1, 0.15) is 0 Å². The SMILES string of the molecule is CC#CC1(C)C2CCCCC2C2(C)C(C)(C)C(C)(C)C12C. The minimum Gasteiger partial charge on any atom is -0.106 e. The molecule has 0 bridgehead atoms. The van der Waals surface area contributed by atoms with E-state index < -0.39 is 0 Å². The Morgan fingerprint density at radius 2 is 1.29 bits per heavy atom. The lowest BCUT2D eigenvalue weighted by Crippen LogP contribution is -2.75. The second-order valence-corrected chi connectivity index (χ2v) is 9.65. The topological polar surface area (TPSA) is 0 Å². The largest absolute Gasteiger partial charge is 0.106 e. The highest BCUT2D eigenvalue weighted by Crippen LogP contribution is 2.91. The van der Waals surface area contributed by atoms with E-state index in [0.717, 1.165) is 11.8 Å². The fraction of sp³-hybridized carbons (Fsp3) is 0.905. The van der Waals surface area contributed by atoms with Crippen LogP contribution in [-0.2, 0) is 0 Å². The van der Waals surface area contributed by atoms with E-state index >= 15 is 0 Å². The molecule has 0 N–H and O–H groups in total. The average molecular weight is 287 g/mol. The molecule has 0 aromatic rings. The lowest BCUT2D eigenvalue weighted by molar-refractivity contribution is -0.320. The van der Waals surface area contributed by atoms with Crippen molar-refractivity contribution in [2.45, 2.75) is 81.1 Å². The smallest absolute Gasteiger partial charge is 0.0381 e. The zero-order valence-electron chi connectivity index (χ0n) is 15.5. The summed E-state index contributed by atoms with van der Waals surface area (Å²) in [6.45, 7) is 19.8. The van der Waals surface area contributed by atoms with Crippen molar-refractivity contribution in [3.63, 3.8) is 0 Å². The van der Waals surface area contributed by atoms with E-state index in [1.54, 1.807) is 0 Å². The van der Waals surface area contributed by atoms with Crippen LogP contribution in [0.3, 0.4) is 0 Å². The predicted octanol–water partition coefficient (Wildman–Crippen LogP) is 5.91. The molecule has 0 spiro atoms. The van der Waals surface area contributed by atoms with Crippen LogP contribution in [0.4, 0.5) is 0 Å². The third kappa shape index (κ3) is 1.18. The monoisotopic (exact) mass is 286 g/mol. The van der Waals surface area contributed by atoms with Gasteiger partial charge in [-0.25, -0.2) is 0 Å². The van der Waals surface area contributed by atoms with E-state index in [9.17, 15) is 0 Å². The first-order chi connectivity index (χ1) is 9.54. The van der Waals surface area contributed by atoms with Crippen molar-refractivity contribution < 1.29 is 0 Å². The Morgan fingerprint density at radius 3 is 1.81 bits per heavy atom. The van der Waals surface area contributed by atoms with E-state index in [0.29, 0.717) is 21.7 Å². The summed E-state index contributed by atoms with van der Waals surface area (Å²) in [5, 5.41) is 0. The van der Waals surface area contributed by atoms with Crippen LogP contribution in [-0.4, -0.2) is 0 Å². The van der Waals surface area contributed by atoms with Gasteiger partial charge in [0.15, 0.2) is 0 Å². The molecule has 0 aromatic heterocycles. The maximum absolute atomic E-state index is 3.76. The number of fused-ring (bicyclic) bond motifs is 3. The molecule has 3 fully saturated rings. The van der Waals surface area contributed by atoms with Gasteiger partial charge in [-0.3, -0.25) is 0 Å². The summed E-state index contributed by atoms with van der Waals surface area (Å²) >= 11 is 0. The molecule has 0 aromatic carbocycles. The molecule has 3 saturated carbocycles. The molecule has 0 saturated heterocycles. The molecule has 21 heavy (non-hydrogen) atoms. The Bertz CT molecular complexity index is 528. The first kappa shape index (κ1) is 15.5. The molecule has 0 aliphatic heterocycles. The summed E-state index contributed by atoms with van der Waals surface area (Å²) in [5.41, 5.74) is 1.65. The Hall–Kier alpha value is -0.440. The van der Waals surface area contributed by atoms with Crippen LogP contribution < -0.4 is 0 Å². The average Bonchev–Trinajstić information content (AvgIpc) is 2.58. The lowest BCUT2D eigenvalue weighted by Gasteiger charge is -2.79. The van der Waals surface area contributed by atoms with Crippen LogP contribution in [0.1, 0.15) is 81.1 Å². The summed E-state index contributed by atoms with van der Waals surface area (Å²) in [6.07, 6.45) is 5.67. The quantitative estimate of drug-likeness (QED) is 0.485. The van der Waals surface area contributed by atoms with Crippen molar-refractivity contribution in [2.24, 2.45) is 38.9 Å². The van der Waals surface area contributed by atoms with Gasteiger partial charge in [-0.15, -0.1) is 5.92 Å². The standard InChI is InChI=1S/C21H34/c1-9-14-19(6)15-12-10-11-13-16(15)20(7)17(2,3)18(4,5)21(19,20)8/h15-16H,10-13H2,1-8H3. The summed E-state index contributed by atoms with van der Waals surface area (Å²) < 4.78 is 0. The van der Waals surface area contributed by atoms with Gasteiger partial charge in [-0.05, 0) is 60.2 Å². The molecule has 3 aliphatic carbocycles. The first-order valence-corrected chi connectivity index (χ1v) is 8.98. The van der Waals surface area contributed by atoms with E-state index in [4.69, 9.17) is 0 Å². The molecular weight excluding hydrogens is 252 g/mol. The van der Waals surface area contributed by atoms with Crippen LogP contribution in [0.5, 0.6) is 0 Å². The van der Waals surface area contributed by atoms with Crippen molar-refractivity contribution in [2.75, 3.05) is 0 Å². The maximum atomic E-state index is 3.76. The van der Waals surface area contributed by atoms with Crippen molar-refractivity contribution >= 4 is 0 Å². The lowest BCUT2D eigenvalue weighted by atomic mass is 9.24. The molecule has 3 rings (SSSR count).